The number of hydrogen-bond acceptors (Lipinski definition) is 4. The normalized spacial score (nSPS) is 15.7. The monoisotopic (exact) mass is 608 g/mol. The quantitative estimate of drug-likeness (QED) is 0.160. The van der Waals surface area contributed by atoms with Crippen LogP contribution >= 0.6 is 0 Å². The second-order valence-corrected chi connectivity index (χ2v) is 14.1. The second kappa shape index (κ2) is 15.1. The Morgan fingerprint density at radius 1 is 0.413 bits per heavy atom. The maximum atomic E-state index is 2.58. The van der Waals surface area contributed by atoms with Gasteiger partial charge in [0.1, 0.15) is 0 Å². The third-order valence-corrected chi connectivity index (χ3v) is 8.81. The van der Waals surface area contributed by atoms with Gasteiger partial charge in [-0.25, -0.2) is 0 Å². The van der Waals surface area contributed by atoms with E-state index < -0.39 is 0 Å². The molecule has 6 rings (SSSR count). The van der Waals surface area contributed by atoms with Crippen LogP contribution in [0, 0.1) is 0 Å². The standard InChI is InChI=1S/2C20H25BN2/c2*1-20(2,3)22-17-11-10-16-21(22)23(18-12-6-4-7-13-18)19-14-8-5-9-15-19/h2*4-15H,16-17H2,1-3H3. The molecule has 0 saturated carbocycles. The fraction of sp³-hybridized carbons (Fsp3) is 0.300. The smallest absolute Gasteiger partial charge is 0.352 e. The predicted octanol–water partition coefficient (Wildman–Crippen LogP) is 9.97. The van der Waals surface area contributed by atoms with E-state index >= 15 is 0 Å². The van der Waals surface area contributed by atoms with Crippen LogP contribution in [0.4, 0.5) is 22.7 Å². The van der Waals surface area contributed by atoms with E-state index in [4.69, 9.17) is 0 Å². The SMILES string of the molecule is CC(C)(C)N1CC=CCB1N(c1ccccc1)c1ccccc1.CC(C)(C)N1CC=CCB1N(c1ccccc1)c1ccccc1. The van der Waals surface area contributed by atoms with Crippen molar-refractivity contribution in [1.82, 2.24) is 9.62 Å². The lowest BCUT2D eigenvalue weighted by Gasteiger charge is -2.46. The molecule has 0 atom stereocenters. The highest BCUT2D eigenvalue weighted by Gasteiger charge is 2.39. The lowest BCUT2D eigenvalue weighted by molar-refractivity contribution is 0.264. The Morgan fingerprint density at radius 3 is 0.913 bits per heavy atom. The maximum absolute atomic E-state index is 2.58. The largest absolute Gasteiger partial charge is 0.371 e. The van der Waals surface area contributed by atoms with Crippen molar-refractivity contribution in [3.8, 4) is 0 Å². The molecule has 0 saturated heterocycles. The highest BCUT2D eigenvalue weighted by atomic mass is 15.3. The number of benzene rings is 4. The van der Waals surface area contributed by atoms with Gasteiger partial charge in [0, 0.05) is 46.9 Å². The number of para-hydroxylation sites is 4. The van der Waals surface area contributed by atoms with Gasteiger partial charge in [-0.3, -0.25) is 0 Å². The summed E-state index contributed by atoms with van der Waals surface area (Å²) in [7, 11) is 0. The summed E-state index contributed by atoms with van der Waals surface area (Å²) in [6, 6.07) is 42.8. The molecule has 236 valence electrons. The topological polar surface area (TPSA) is 13.0 Å². The zero-order valence-corrected chi connectivity index (χ0v) is 28.6. The van der Waals surface area contributed by atoms with E-state index in [1.165, 1.54) is 22.7 Å². The van der Waals surface area contributed by atoms with Gasteiger partial charge in [0.2, 0.25) is 0 Å². The molecule has 2 heterocycles. The first kappa shape index (κ1) is 33.4. The van der Waals surface area contributed by atoms with Crippen LogP contribution in [0.5, 0.6) is 0 Å². The number of anilines is 4. The van der Waals surface area contributed by atoms with Crippen molar-refractivity contribution in [3.05, 3.63) is 146 Å². The number of nitrogens with zero attached hydrogens (tertiary/aromatic N) is 4. The Morgan fingerprint density at radius 2 is 0.674 bits per heavy atom. The lowest BCUT2D eigenvalue weighted by atomic mass is 9.62. The molecule has 2 aliphatic rings. The van der Waals surface area contributed by atoms with Crippen LogP contribution in [0.2, 0.25) is 12.6 Å². The summed E-state index contributed by atoms with van der Waals surface area (Å²) in [6.07, 6.45) is 11.3. The summed E-state index contributed by atoms with van der Waals surface area (Å²) in [5.41, 5.74) is 5.22. The van der Waals surface area contributed by atoms with Gasteiger partial charge in [-0.05, 0) is 103 Å². The van der Waals surface area contributed by atoms with Gasteiger partial charge >= 0.3 is 14.0 Å². The molecule has 0 aliphatic carbocycles. The summed E-state index contributed by atoms with van der Waals surface area (Å²) >= 11 is 0. The Balaban J connectivity index is 0.000000181. The molecule has 4 aromatic rings. The van der Waals surface area contributed by atoms with E-state index in [-0.39, 0.29) is 11.1 Å². The molecular weight excluding hydrogens is 558 g/mol. The first-order valence-corrected chi connectivity index (χ1v) is 16.8. The molecule has 4 nitrogen and oxygen atoms in total. The lowest BCUT2D eigenvalue weighted by Crippen LogP contribution is -2.59. The second-order valence-electron chi connectivity index (χ2n) is 14.1. The Labute approximate surface area is 279 Å². The van der Waals surface area contributed by atoms with Gasteiger partial charge in [0.05, 0.1) is 0 Å². The highest BCUT2D eigenvalue weighted by Crippen LogP contribution is 2.34. The minimum atomic E-state index is 0.122. The molecule has 46 heavy (non-hydrogen) atoms. The van der Waals surface area contributed by atoms with E-state index in [9.17, 15) is 0 Å². The Hall–Kier alpha value is -3.99. The Kier molecular flexibility index (Phi) is 10.9. The third-order valence-electron chi connectivity index (χ3n) is 8.81. The summed E-state index contributed by atoms with van der Waals surface area (Å²) in [5, 5.41) is 0. The number of hydrogen-bond donors (Lipinski definition) is 0. The van der Waals surface area contributed by atoms with Gasteiger partial charge < -0.3 is 19.2 Å². The molecule has 6 heteroatoms. The van der Waals surface area contributed by atoms with Crippen LogP contribution < -0.4 is 9.62 Å². The van der Waals surface area contributed by atoms with E-state index in [0.717, 1.165) is 25.7 Å². The van der Waals surface area contributed by atoms with Crippen molar-refractivity contribution in [2.24, 2.45) is 0 Å². The average Bonchev–Trinajstić information content (AvgIpc) is 3.07. The minimum Gasteiger partial charge on any atom is -0.371 e. The summed E-state index contributed by atoms with van der Waals surface area (Å²) in [4.78, 5) is 10.1. The number of allylic oxidation sites excluding steroid dienone is 2. The minimum absolute atomic E-state index is 0.122. The van der Waals surface area contributed by atoms with Crippen LogP contribution in [-0.4, -0.2) is 47.8 Å². The van der Waals surface area contributed by atoms with Crippen LogP contribution in [0.3, 0.4) is 0 Å². The van der Waals surface area contributed by atoms with Crippen molar-refractivity contribution in [2.45, 2.75) is 65.3 Å². The maximum Gasteiger partial charge on any atom is 0.352 e. The summed E-state index contributed by atoms with van der Waals surface area (Å²) in [5.74, 6) is 0. The fourth-order valence-corrected chi connectivity index (χ4v) is 6.58. The molecule has 2 aliphatic heterocycles. The van der Waals surface area contributed by atoms with Crippen molar-refractivity contribution in [2.75, 3.05) is 22.7 Å². The van der Waals surface area contributed by atoms with E-state index in [1.807, 2.05) is 0 Å². The van der Waals surface area contributed by atoms with Gasteiger partial charge in [-0.1, -0.05) is 97.1 Å². The highest BCUT2D eigenvalue weighted by molar-refractivity contribution is 6.63. The molecule has 0 fully saturated rings. The molecule has 0 N–H and O–H groups in total. The molecule has 0 amide bonds. The van der Waals surface area contributed by atoms with Crippen LogP contribution in [0.15, 0.2) is 146 Å². The first-order valence-electron chi connectivity index (χ1n) is 16.8. The molecule has 0 radical (unpaired) electrons. The average molecular weight is 608 g/mol. The predicted molar refractivity (Wildman–Crippen MR) is 202 cm³/mol. The third kappa shape index (κ3) is 8.23. The van der Waals surface area contributed by atoms with Crippen molar-refractivity contribution in [3.63, 3.8) is 0 Å². The van der Waals surface area contributed by atoms with Gasteiger partial charge in [0.15, 0.2) is 0 Å². The van der Waals surface area contributed by atoms with Crippen LogP contribution in [0.1, 0.15) is 41.5 Å². The van der Waals surface area contributed by atoms with Gasteiger partial charge in [-0.2, -0.15) is 0 Å². The van der Waals surface area contributed by atoms with Gasteiger partial charge in [-0.15, -0.1) is 0 Å². The molecule has 0 aromatic heterocycles. The van der Waals surface area contributed by atoms with Gasteiger partial charge in [0.25, 0.3) is 0 Å². The summed E-state index contributed by atoms with van der Waals surface area (Å²) < 4.78 is 0. The molecule has 0 spiro atoms. The van der Waals surface area contributed by atoms with E-state index in [2.05, 4.69) is 206 Å². The molecule has 4 aromatic carbocycles. The Bertz CT molecular complexity index is 1330. The van der Waals surface area contributed by atoms with Crippen molar-refractivity contribution in [1.29, 1.82) is 0 Å². The molecular formula is C40H50B2N4. The van der Waals surface area contributed by atoms with E-state index in [0.29, 0.717) is 14.0 Å². The van der Waals surface area contributed by atoms with Crippen molar-refractivity contribution >= 4 is 36.7 Å². The van der Waals surface area contributed by atoms with E-state index in [1.54, 1.807) is 0 Å². The fourth-order valence-electron chi connectivity index (χ4n) is 6.58. The van der Waals surface area contributed by atoms with Crippen LogP contribution in [-0.2, 0) is 0 Å². The zero-order chi connectivity index (χ0) is 32.6. The first-order chi connectivity index (χ1) is 22.1. The van der Waals surface area contributed by atoms with Crippen LogP contribution in [0.25, 0.3) is 0 Å². The van der Waals surface area contributed by atoms with Crippen molar-refractivity contribution < 1.29 is 0 Å². The molecule has 0 bridgehead atoms. The molecule has 0 unspecified atom stereocenters. The number of rotatable bonds is 6. The summed E-state index contributed by atoms with van der Waals surface area (Å²) in [6.45, 7) is 16.4. The zero-order valence-electron chi connectivity index (χ0n) is 28.6.